The van der Waals surface area contributed by atoms with Gasteiger partial charge in [0.15, 0.2) is 0 Å². The topological polar surface area (TPSA) is 37.4 Å². The highest BCUT2D eigenvalue weighted by Gasteiger charge is 2.32. The van der Waals surface area contributed by atoms with Crippen molar-refractivity contribution >= 4 is 33.2 Å². The number of rotatable bonds is 5. The van der Waals surface area contributed by atoms with Gasteiger partial charge in [-0.15, -0.1) is 11.6 Å². The molecule has 1 aliphatic rings. The van der Waals surface area contributed by atoms with Crippen molar-refractivity contribution in [3.8, 4) is 0 Å². The molecule has 118 valence electrons. The van der Waals surface area contributed by atoms with Crippen LogP contribution in [-0.4, -0.2) is 25.3 Å². The summed E-state index contributed by atoms with van der Waals surface area (Å²) in [5, 5.41) is -0.118. The van der Waals surface area contributed by atoms with Crippen molar-refractivity contribution in [2.45, 2.75) is 49.4 Å². The van der Waals surface area contributed by atoms with E-state index in [0.717, 1.165) is 31.7 Å². The first-order chi connectivity index (χ1) is 9.91. The Labute approximate surface area is 135 Å². The van der Waals surface area contributed by atoms with Crippen molar-refractivity contribution in [1.29, 1.82) is 0 Å². The summed E-state index contributed by atoms with van der Waals surface area (Å²) < 4.78 is 40.8. The second kappa shape index (κ2) is 6.82. The van der Waals surface area contributed by atoms with Crippen molar-refractivity contribution in [1.82, 2.24) is 4.31 Å². The highest BCUT2D eigenvalue weighted by Crippen LogP contribution is 2.31. The van der Waals surface area contributed by atoms with Crippen LogP contribution in [0.25, 0.3) is 0 Å². The minimum Gasteiger partial charge on any atom is -0.207 e. The molecule has 0 heterocycles. The van der Waals surface area contributed by atoms with Gasteiger partial charge in [-0.3, -0.25) is 0 Å². The highest BCUT2D eigenvalue weighted by molar-refractivity contribution is 7.89. The molecule has 1 aliphatic carbocycles. The average molecular weight is 354 g/mol. The van der Waals surface area contributed by atoms with Crippen LogP contribution in [0.5, 0.6) is 0 Å². The predicted molar refractivity (Wildman–Crippen MR) is 82.8 cm³/mol. The summed E-state index contributed by atoms with van der Waals surface area (Å²) in [6.07, 6.45) is 3.76. The van der Waals surface area contributed by atoms with Crippen LogP contribution in [0, 0.1) is 5.82 Å². The van der Waals surface area contributed by atoms with E-state index in [-0.39, 0.29) is 21.8 Å². The molecule has 0 saturated heterocycles. The molecule has 1 saturated carbocycles. The molecule has 7 heteroatoms. The minimum absolute atomic E-state index is 0.00168. The van der Waals surface area contributed by atoms with Gasteiger partial charge in [0.25, 0.3) is 0 Å². The van der Waals surface area contributed by atoms with Crippen LogP contribution in [0.15, 0.2) is 17.0 Å². The Morgan fingerprint density at radius 2 is 1.95 bits per heavy atom. The van der Waals surface area contributed by atoms with Crippen molar-refractivity contribution < 1.29 is 12.8 Å². The zero-order valence-corrected chi connectivity index (χ0v) is 14.1. The standard InChI is InChI=1S/C14H18Cl2FNO2S/c1-2-18(11-5-3-4-6-11)21(19,20)12-7-10(9-15)14(16)13(17)8-12/h7-8,11H,2-6,9H2,1H3. The van der Waals surface area contributed by atoms with Gasteiger partial charge in [0.2, 0.25) is 10.0 Å². The molecule has 0 atom stereocenters. The third kappa shape index (κ3) is 3.36. The largest absolute Gasteiger partial charge is 0.243 e. The Balaban J connectivity index is 2.44. The zero-order valence-electron chi connectivity index (χ0n) is 11.8. The van der Waals surface area contributed by atoms with E-state index in [4.69, 9.17) is 23.2 Å². The Hall–Kier alpha value is -0.360. The molecule has 0 N–H and O–H groups in total. The fourth-order valence-corrected chi connectivity index (χ4v) is 5.03. The molecule has 1 fully saturated rings. The van der Waals surface area contributed by atoms with Crippen molar-refractivity contribution in [3.63, 3.8) is 0 Å². The lowest BCUT2D eigenvalue weighted by Gasteiger charge is -2.27. The van der Waals surface area contributed by atoms with E-state index in [2.05, 4.69) is 0 Å². The van der Waals surface area contributed by atoms with Crippen LogP contribution < -0.4 is 0 Å². The van der Waals surface area contributed by atoms with Crippen LogP contribution in [0.4, 0.5) is 4.39 Å². The van der Waals surface area contributed by atoms with E-state index in [9.17, 15) is 12.8 Å². The van der Waals surface area contributed by atoms with Gasteiger partial charge in [0, 0.05) is 18.5 Å². The first kappa shape index (κ1) is 17.0. The molecule has 0 unspecified atom stereocenters. The molecule has 3 nitrogen and oxygen atoms in total. The quantitative estimate of drug-likeness (QED) is 0.745. The molecule has 0 radical (unpaired) electrons. The third-order valence-electron chi connectivity index (χ3n) is 3.87. The van der Waals surface area contributed by atoms with Gasteiger partial charge < -0.3 is 0 Å². The van der Waals surface area contributed by atoms with E-state index >= 15 is 0 Å². The van der Waals surface area contributed by atoms with Crippen LogP contribution >= 0.6 is 23.2 Å². The molecule has 21 heavy (non-hydrogen) atoms. The molecule has 1 aromatic rings. The second-order valence-corrected chi connectivity index (χ2v) is 7.69. The van der Waals surface area contributed by atoms with Crippen molar-refractivity contribution in [3.05, 3.63) is 28.5 Å². The molecule has 0 bridgehead atoms. The van der Waals surface area contributed by atoms with Gasteiger partial charge in [-0.2, -0.15) is 4.31 Å². The Bertz CT molecular complexity index is 616. The van der Waals surface area contributed by atoms with E-state index in [1.807, 2.05) is 0 Å². The van der Waals surface area contributed by atoms with E-state index in [1.165, 1.54) is 10.4 Å². The van der Waals surface area contributed by atoms with Crippen molar-refractivity contribution in [2.24, 2.45) is 0 Å². The summed E-state index contributed by atoms with van der Waals surface area (Å²) in [5.74, 6) is -0.787. The maximum Gasteiger partial charge on any atom is 0.243 e. The van der Waals surface area contributed by atoms with Gasteiger partial charge in [-0.1, -0.05) is 31.4 Å². The normalized spacial score (nSPS) is 16.8. The molecule has 2 rings (SSSR count). The van der Waals surface area contributed by atoms with Gasteiger partial charge in [0.1, 0.15) is 5.82 Å². The maximum atomic E-state index is 13.8. The fourth-order valence-electron chi connectivity index (χ4n) is 2.82. The monoisotopic (exact) mass is 353 g/mol. The average Bonchev–Trinajstić information content (AvgIpc) is 2.95. The molecule has 0 aromatic heterocycles. The van der Waals surface area contributed by atoms with E-state index in [1.54, 1.807) is 6.92 Å². The van der Waals surface area contributed by atoms with Crippen LogP contribution in [-0.2, 0) is 15.9 Å². The van der Waals surface area contributed by atoms with Gasteiger partial charge in [-0.05, 0) is 30.5 Å². The first-order valence-electron chi connectivity index (χ1n) is 6.97. The lowest BCUT2D eigenvalue weighted by Crippen LogP contribution is -2.38. The van der Waals surface area contributed by atoms with Gasteiger partial charge >= 0.3 is 0 Å². The fraction of sp³-hybridized carbons (Fsp3) is 0.571. The Morgan fingerprint density at radius 1 is 1.33 bits per heavy atom. The van der Waals surface area contributed by atoms with Crippen LogP contribution in [0.2, 0.25) is 5.02 Å². The Morgan fingerprint density at radius 3 is 2.48 bits per heavy atom. The summed E-state index contributed by atoms with van der Waals surface area (Å²) in [7, 11) is -3.73. The molecular weight excluding hydrogens is 336 g/mol. The van der Waals surface area contributed by atoms with E-state index in [0.29, 0.717) is 12.1 Å². The van der Waals surface area contributed by atoms with Crippen LogP contribution in [0.3, 0.4) is 0 Å². The zero-order chi connectivity index (χ0) is 15.6. The number of halogens is 3. The lowest BCUT2D eigenvalue weighted by atomic mass is 10.2. The molecule has 0 aliphatic heterocycles. The summed E-state index contributed by atoms with van der Waals surface area (Å²) in [5.41, 5.74) is 0.291. The molecule has 0 amide bonds. The summed E-state index contributed by atoms with van der Waals surface area (Å²) in [6.45, 7) is 2.16. The maximum absolute atomic E-state index is 13.8. The van der Waals surface area contributed by atoms with Gasteiger partial charge in [0.05, 0.1) is 9.92 Å². The molecule has 1 aromatic carbocycles. The van der Waals surface area contributed by atoms with Gasteiger partial charge in [-0.25, -0.2) is 12.8 Å². The number of alkyl halides is 1. The number of sulfonamides is 1. The lowest BCUT2D eigenvalue weighted by molar-refractivity contribution is 0.335. The number of nitrogens with zero attached hydrogens (tertiary/aromatic N) is 1. The minimum atomic E-state index is -3.73. The second-order valence-electron chi connectivity index (χ2n) is 5.16. The summed E-state index contributed by atoms with van der Waals surface area (Å²) in [4.78, 5) is -0.0752. The first-order valence-corrected chi connectivity index (χ1v) is 9.32. The highest BCUT2D eigenvalue weighted by atomic mass is 35.5. The smallest absolute Gasteiger partial charge is 0.207 e. The number of hydrogen-bond acceptors (Lipinski definition) is 2. The SMILES string of the molecule is CCN(C1CCCC1)S(=O)(=O)c1cc(F)c(Cl)c(CCl)c1. The Kier molecular flexibility index (Phi) is 5.52. The van der Waals surface area contributed by atoms with Crippen LogP contribution in [0.1, 0.15) is 38.2 Å². The molecular formula is C14H18Cl2FNO2S. The van der Waals surface area contributed by atoms with E-state index < -0.39 is 15.8 Å². The predicted octanol–water partition coefficient (Wildman–Crippen LogP) is 4.17. The third-order valence-corrected chi connectivity index (χ3v) is 6.59. The number of hydrogen-bond donors (Lipinski definition) is 0. The summed E-state index contributed by atoms with van der Waals surface area (Å²) >= 11 is 11.5. The van der Waals surface area contributed by atoms with Crippen molar-refractivity contribution in [2.75, 3.05) is 6.54 Å². The summed E-state index contributed by atoms with van der Waals surface area (Å²) in [6, 6.07) is 2.34. The number of benzene rings is 1. The molecule has 0 spiro atoms.